The summed E-state index contributed by atoms with van der Waals surface area (Å²) in [6, 6.07) is -0.930. The number of nitrogens with one attached hydrogen (secondary N) is 1. The fourth-order valence-corrected chi connectivity index (χ4v) is 6.28. The lowest BCUT2D eigenvalue weighted by molar-refractivity contribution is -0.150. The molecule has 0 aromatic carbocycles. The molecule has 0 bridgehead atoms. The van der Waals surface area contributed by atoms with Crippen molar-refractivity contribution in [3.63, 3.8) is 0 Å². The van der Waals surface area contributed by atoms with E-state index < -0.39 is 29.2 Å². The predicted octanol–water partition coefficient (Wildman–Crippen LogP) is -0.179. The zero-order chi connectivity index (χ0) is 25.1. The number of carboxylic acid groups (broad SMARTS) is 1. The molecule has 0 radical (unpaired) electrons. The van der Waals surface area contributed by atoms with E-state index in [1.54, 1.807) is 12.4 Å². The number of aryl methyl sites for hydroxylation is 1. The van der Waals surface area contributed by atoms with E-state index in [1.165, 1.54) is 44.9 Å². The number of amides is 2. The summed E-state index contributed by atoms with van der Waals surface area (Å²) in [7, 11) is 1.68. The van der Waals surface area contributed by atoms with Crippen molar-refractivity contribution in [1.29, 1.82) is 0 Å². The second kappa shape index (κ2) is 10.8. The van der Waals surface area contributed by atoms with E-state index in [2.05, 4.69) is 31.0 Å². The van der Waals surface area contributed by atoms with Crippen molar-refractivity contribution < 1.29 is 24.3 Å². The minimum atomic E-state index is -1.22. The molecule has 18 heteroatoms. The Bertz CT molecular complexity index is 1210. The van der Waals surface area contributed by atoms with Crippen LogP contribution in [0.3, 0.4) is 0 Å². The molecule has 4 N–H and O–H groups in total. The number of thioether (sulfide) groups is 3. The van der Waals surface area contributed by atoms with E-state index in [9.17, 15) is 19.5 Å². The molecule has 2 aromatic heterocycles. The first kappa shape index (κ1) is 25.3. The maximum Gasteiger partial charge on any atom is 0.352 e. The van der Waals surface area contributed by atoms with Gasteiger partial charge in [0.1, 0.15) is 22.8 Å². The Morgan fingerprint density at radius 3 is 2.89 bits per heavy atom. The molecule has 0 saturated carbocycles. The highest BCUT2D eigenvalue weighted by atomic mass is 32.2. The normalized spacial score (nSPS) is 19.9. The van der Waals surface area contributed by atoms with Gasteiger partial charge in [-0.05, 0) is 22.3 Å². The van der Waals surface area contributed by atoms with Crippen LogP contribution >= 0.6 is 46.6 Å². The Balaban J connectivity index is 1.49. The van der Waals surface area contributed by atoms with Gasteiger partial charge in [-0.25, -0.2) is 14.5 Å². The molecule has 2 atom stereocenters. The van der Waals surface area contributed by atoms with Crippen LogP contribution in [0.1, 0.15) is 5.69 Å². The fourth-order valence-electron chi connectivity index (χ4n) is 3.24. The third-order valence-corrected chi connectivity index (χ3v) is 8.25. The summed E-state index contributed by atoms with van der Waals surface area (Å²) >= 11 is 5.13. The van der Waals surface area contributed by atoms with Crippen LogP contribution in [0.4, 0.5) is 5.13 Å². The number of thiazole rings is 1. The van der Waals surface area contributed by atoms with Crippen LogP contribution in [0.25, 0.3) is 0 Å². The second-order valence-corrected chi connectivity index (χ2v) is 10.8. The van der Waals surface area contributed by atoms with Gasteiger partial charge in [0, 0.05) is 23.9 Å². The lowest BCUT2D eigenvalue weighted by atomic mass is 10.0. The molecule has 2 amide bonds. The van der Waals surface area contributed by atoms with Gasteiger partial charge in [-0.3, -0.25) is 14.5 Å². The van der Waals surface area contributed by atoms with Gasteiger partial charge >= 0.3 is 5.97 Å². The average Bonchev–Trinajstić information content (AvgIpc) is 3.45. The first-order chi connectivity index (χ1) is 16.8. The SMILES string of the molecule is CSCON=C(C(=O)NC1C(=O)N2C(C(=O)O)=C(CSc3nnnn3C)CS[C@H]12)c1csc(N)n1. The highest BCUT2D eigenvalue weighted by Gasteiger charge is 2.54. The highest BCUT2D eigenvalue weighted by Crippen LogP contribution is 2.41. The van der Waals surface area contributed by atoms with Gasteiger partial charge in [0.25, 0.3) is 11.8 Å². The molecule has 4 rings (SSSR count). The van der Waals surface area contributed by atoms with Gasteiger partial charge in [0.2, 0.25) is 5.16 Å². The van der Waals surface area contributed by atoms with Gasteiger partial charge in [0.05, 0.1) is 0 Å². The number of nitrogens with two attached hydrogens (primary N) is 1. The van der Waals surface area contributed by atoms with Gasteiger partial charge in [-0.2, -0.15) is 0 Å². The maximum atomic E-state index is 13.0. The topological polar surface area (TPSA) is 191 Å². The molecule has 2 aliphatic rings. The summed E-state index contributed by atoms with van der Waals surface area (Å²) in [5.41, 5.74) is 6.25. The second-order valence-electron chi connectivity index (χ2n) is 7.04. The van der Waals surface area contributed by atoms with Gasteiger partial charge in [0.15, 0.2) is 16.8 Å². The third-order valence-electron chi connectivity index (χ3n) is 4.80. The summed E-state index contributed by atoms with van der Waals surface area (Å²) in [4.78, 5) is 48.4. The Kier molecular flexibility index (Phi) is 7.82. The number of hydrogen-bond acceptors (Lipinski definition) is 14. The zero-order valence-electron chi connectivity index (χ0n) is 18.3. The molecule has 14 nitrogen and oxygen atoms in total. The molecule has 2 aromatic rings. The number of anilines is 1. The third kappa shape index (κ3) is 5.24. The van der Waals surface area contributed by atoms with Crippen molar-refractivity contribution >= 4 is 75.2 Å². The Hall–Kier alpha value is -2.83. The predicted molar refractivity (Wildman–Crippen MR) is 132 cm³/mol. The number of fused-ring (bicyclic) bond motifs is 1. The van der Waals surface area contributed by atoms with E-state index in [4.69, 9.17) is 10.6 Å². The van der Waals surface area contributed by atoms with E-state index in [0.29, 0.717) is 22.2 Å². The van der Waals surface area contributed by atoms with Crippen molar-refractivity contribution in [2.45, 2.75) is 16.6 Å². The molecule has 0 spiro atoms. The Morgan fingerprint density at radius 2 is 2.26 bits per heavy atom. The number of rotatable bonds is 10. The molecular weight excluding hydrogens is 539 g/mol. The fraction of sp³-hybridized carbons (Fsp3) is 0.412. The number of hydrogen-bond donors (Lipinski definition) is 3. The molecular formula is C17H19N9O5S4. The number of carbonyl (C=O) groups excluding carboxylic acids is 2. The van der Waals surface area contributed by atoms with Crippen molar-refractivity contribution in [2.24, 2.45) is 12.2 Å². The van der Waals surface area contributed by atoms with Crippen molar-refractivity contribution in [2.75, 3.05) is 29.4 Å². The minimum Gasteiger partial charge on any atom is -0.477 e. The highest BCUT2D eigenvalue weighted by molar-refractivity contribution is 8.01. The lowest BCUT2D eigenvalue weighted by Gasteiger charge is -2.49. The number of carbonyl (C=O) groups is 3. The monoisotopic (exact) mass is 557 g/mol. The summed E-state index contributed by atoms with van der Waals surface area (Å²) in [6.07, 6.45) is 1.81. The van der Waals surface area contributed by atoms with Crippen molar-refractivity contribution in [3.8, 4) is 0 Å². The summed E-state index contributed by atoms with van der Waals surface area (Å²) in [5.74, 6) is -1.55. The van der Waals surface area contributed by atoms with Crippen LogP contribution in [-0.2, 0) is 26.3 Å². The number of aliphatic carboxylic acids is 1. The maximum absolute atomic E-state index is 13.0. The number of aromatic nitrogens is 5. The molecule has 186 valence electrons. The summed E-state index contributed by atoms with van der Waals surface area (Å²) in [5, 5.41) is 29.3. The lowest BCUT2D eigenvalue weighted by Crippen LogP contribution is -2.71. The number of oxime groups is 1. The first-order valence-corrected chi connectivity index (χ1v) is 14.1. The molecule has 35 heavy (non-hydrogen) atoms. The van der Waals surface area contributed by atoms with Crippen LogP contribution in [-0.4, -0.2) is 93.8 Å². The standard InChI is InChI=1S/C17H19N9O5S4/c1-25-17(21-23-24-25)35-4-7-3-33-14-10(13(28)26(14)11(7)15(29)30)20-12(27)9(22-31-6-32-2)8-5-34-16(18)19-8/h5,10,14H,3-4,6H2,1-2H3,(H2,18,19)(H,20,27)(H,29,30)/t10?,14-/m1/s1. The molecule has 1 saturated heterocycles. The number of tetrazole rings is 1. The van der Waals surface area contributed by atoms with Crippen LogP contribution in [0.2, 0.25) is 0 Å². The molecule has 1 fully saturated rings. The minimum absolute atomic E-state index is 0.0867. The van der Waals surface area contributed by atoms with E-state index in [1.807, 2.05) is 6.26 Å². The summed E-state index contributed by atoms with van der Waals surface area (Å²) in [6.45, 7) is 0. The largest absolute Gasteiger partial charge is 0.477 e. The molecule has 0 aliphatic carbocycles. The number of carboxylic acids is 1. The van der Waals surface area contributed by atoms with Crippen LogP contribution < -0.4 is 11.1 Å². The van der Waals surface area contributed by atoms with Crippen LogP contribution in [0.15, 0.2) is 27.0 Å². The number of nitrogens with zero attached hydrogens (tertiary/aromatic N) is 7. The van der Waals surface area contributed by atoms with Gasteiger partial charge < -0.3 is 21.0 Å². The Labute approximate surface area is 215 Å². The molecule has 1 unspecified atom stereocenters. The number of nitrogen functional groups attached to an aromatic ring is 1. The smallest absolute Gasteiger partial charge is 0.352 e. The van der Waals surface area contributed by atoms with Crippen molar-refractivity contribution in [3.05, 3.63) is 22.3 Å². The van der Waals surface area contributed by atoms with E-state index in [0.717, 1.165) is 11.3 Å². The van der Waals surface area contributed by atoms with Gasteiger partial charge in [-0.1, -0.05) is 16.9 Å². The van der Waals surface area contributed by atoms with Gasteiger partial charge in [-0.15, -0.1) is 40.0 Å². The summed E-state index contributed by atoms with van der Waals surface area (Å²) < 4.78 is 1.47. The molecule has 2 aliphatic heterocycles. The van der Waals surface area contributed by atoms with E-state index in [-0.39, 0.29) is 28.2 Å². The molecule has 4 heterocycles. The van der Waals surface area contributed by atoms with Crippen molar-refractivity contribution in [1.82, 2.24) is 35.4 Å². The Morgan fingerprint density at radius 1 is 1.46 bits per heavy atom. The zero-order valence-corrected chi connectivity index (χ0v) is 21.5. The van der Waals surface area contributed by atoms with E-state index >= 15 is 0 Å². The number of β-lactam (4-membered cyclic amide) rings is 1. The first-order valence-electron chi connectivity index (χ1n) is 9.78. The van der Waals surface area contributed by atoms with Crippen LogP contribution in [0.5, 0.6) is 0 Å². The quantitative estimate of drug-likeness (QED) is 0.0871. The average molecular weight is 558 g/mol. The van der Waals surface area contributed by atoms with Crippen LogP contribution in [0, 0.1) is 0 Å².